The molecule has 0 saturated carbocycles. The van der Waals surface area contributed by atoms with E-state index in [0.717, 1.165) is 19.4 Å². The second-order valence-corrected chi connectivity index (χ2v) is 3.81. The fourth-order valence-corrected chi connectivity index (χ4v) is 1.89. The van der Waals surface area contributed by atoms with Gasteiger partial charge in [-0.3, -0.25) is 4.90 Å². The smallest absolute Gasteiger partial charge is 0.395 e. The van der Waals surface area contributed by atoms with Gasteiger partial charge in [0.25, 0.3) is 0 Å². The van der Waals surface area contributed by atoms with Crippen molar-refractivity contribution in [3.8, 4) is 0 Å². The van der Waals surface area contributed by atoms with Crippen molar-refractivity contribution in [3.05, 3.63) is 0 Å². The Bertz CT molecular complexity index is 181. The van der Waals surface area contributed by atoms with E-state index in [2.05, 4.69) is 5.32 Å². The van der Waals surface area contributed by atoms with E-state index < -0.39 is 12.7 Å². The summed E-state index contributed by atoms with van der Waals surface area (Å²) in [5.74, 6) is 0. The number of nitrogens with one attached hydrogen (secondary N) is 1. The molecule has 0 spiro atoms. The Morgan fingerprint density at radius 2 is 2.13 bits per heavy atom. The third-order valence-electron chi connectivity index (χ3n) is 2.56. The highest BCUT2D eigenvalue weighted by atomic mass is 19.4. The summed E-state index contributed by atoms with van der Waals surface area (Å²) >= 11 is 0. The van der Waals surface area contributed by atoms with Gasteiger partial charge < -0.3 is 10.4 Å². The maximum atomic E-state index is 12.2. The molecule has 1 atom stereocenters. The molecule has 1 aliphatic rings. The van der Waals surface area contributed by atoms with Crippen LogP contribution < -0.4 is 5.32 Å². The Labute approximate surface area is 87.3 Å². The van der Waals surface area contributed by atoms with Gasteiger partial charge in [-0.1, -0.05) is 0 Å². The molecule has 1 rings (SSSR count). The molecule has 6 heteroatoms. The van der Waals surface area contributed by atoms with Crippen LogP contribution in [0.5, 0.6) is 0 Å². The number of halogens is 3. The van der Waals surface area contributed by atoms with Gasteiger partial charge in [0.1, 0.15) is 0 Å². The SMILES string of the molecule is OCCN(CC(F)(F)F)C1CCCNC1. The van der Waals surface area contributed by atoms with Crippen molar-refractivity contribution < 1.29 is 18.3 Å². The van der Waals surface area contributed by atoms with Gasteiger partial charge in [-0.15, -0.1) is 0 Å². The van der Waals surface area contributed by atoms with Crippen LogP contribution in [0.25, 0.3) is 0 Å². The molecular formula is C9H17F3N2O. The van der Waals surface area contributed by atoms with Crippen LogP contribution in [0.15, 0.2) is 0 Å². The minimum Gasteiger partial charge on any atom is -0.395 e. The number of hydrogen-bond donors (Lipinski definition) is 2. The van der Waals surface area contributed by atoms with Crippen LogP contribution in [0, 0.1) is 0 Å². The average molecular weight is 226 g/mol. The van der Waals surface area contributed by atoms with Gasteiger partial charge >= 0.3 is 6.18 Å². The first kappa shape index (κ1) is 12.7. The van der Waals surface area contributed by atoms with Gasteiger partial charge in [0.15, 0.2) is 0 Å². The van der Waals surface area contributed by atoms with Crippen molar-refractivity contribution in [3.63, 3.8) is 0 Å². The van der Waals surface area contributed by atoms with Crippen LogP contribution in [0.4, 0.5) is 13.2 Å². The molecule has 0 aliphatic carbocycles. The number of rotatable bonds is 4. The first-order valence-electron chi connectivity index (χ1n) is 5.15. The number of alkyl halides is 3. The van der Waals surface area contributed by atoms with Crippen LogP contribution in [0.2, 0.25) is 0 Å². The van der Waals surface area contributed by atoms with Crippen LogP contribution in [-0.2, 0) is 0 Å². The lowest BCUT2D eigenvalue weighted by Crippen LogP contribution is -2.50. The van der Waals surface area contributed by atoms with Gasteiger partial charge in [-0.25, -0.2) is 0 Å². The summed E-state index contributed by atoms with van der Waals surface area (Å²) in [6.07, 6.45) is -2.53. The highest BCUT2D eigenvalue weighted by Crippen LogP contribution is 2.20. The van der Waals surface area contributed by atoms with E-state index >= 15 is 0 Å². The number of aliphatic hydroxyl groups is 1. The van der Waals surface area contributed by atoms with Gasteiger partial charge in [0.2, 0.25) is 0 Å². The predicted octanol–water partition coefficient (Wildman–Crippen LogP) is 0.595. The number of nitrogens with zero attached hydrogens (tertiary/aromatic N) is 1. The van der Waals surface area contributed by atoms with E-state index in [9.17, 15) is 13.2 Å². The molecule has 0 amide bonds. The van der Waals surface area contributed by atoms with Gasteiger partial charge in [-0.05, 0) is 19.4 Å². The fourth-order valence-electron chi connectivity index (χ4n) is 1.89. The van der Waals surface area contributed by atoms with Crippen molar-refractivity contribution in [1.29, 1.82) is 0 Å². The number of piperidine rings is 1. The molecule has 0 aromatic heterocycles. The molecule has 0 aromatic carbocycles. The van der Waals surface area contributed by atoms with Gasteiger partial charge in [0.05, 0.1) is 13.2 Å². The van der Waals surface area contributed by atoms with E-state index in [1.165, 1.54) is 4.90 Å². The number of aliphatic hydroxyl groups excluding tert-OH is 1. The third-order valence-corrected chi connectivity index (χ3v) is 2.56. The fraction of sp³-hybridized carbons (Fsp3) is 1.00. The van der Waals surface area contributed by atoms with Crippen LogP contribution >= 0.6 is 0 Å². The van der Waals surface area contributed by atoms with Crippen LogP contribution in [0.3, 0.4) is 0 Å². The quantitative estimate of drug-likeness (QED) is 0.736. The molecule has 15 heavy (non-hydrogen) atoms. The summed E-state index contributed by atoms with van der Waals surface area (Å²) in [5, 5.41) is 11.8. The first-order valence-corrected chi connectivity index (χ1v) is 5.15. The summed E-state index contributed by atoms with van der Waals surface area (Å²) in [7, 11) is 0. The largest absolute Gasteiger partial charge is 0.401 e. The lowest BCUT2D eigenvalue weighted by Gasteiger charge is -2.34. The topological polar surface area (TPSA) is 35.5 Å². The number of hydrogen-bond acceptors (Lipinski definition) is 3. The maximum Gasteiger partial charge on any atom is 0.401 e. The lowest BCUT2D eigenvalue weighted by molar-refractivity contribution is -0.152. The van der Waals surface area contributed by atoms with Gasteiger partial charge in [0, 0.05) is 19.1 Å². The standard InChI is InChI=1S/C9H17F3N2O/c10-9(11,12)7-14(4-5-15)8-2-1-3-13-6-8/h8,13,15H,1-7H2. The molecule has 0 radical (unpaired) electrons. The van der Waals surface area contributed by atoms with Crippen molar-refractivity contribution in [2.75, 3.05) is 32.8 Å². The average Bonchev–Trinajstić information content (AvgIpc) is 2.17. The summed E-state index contributed by atoms with van der Waals surface area (Å²) in [4.78, 5) is 1.31. The highest BCUT2D eigenvalue weighted by molar-refractivity contribution is 4.79. The third kappa shape index (κ3) is 4.81. The lowest BCUT2D eigenvalue weighted by atomic mass is 10.1. The Balaban J connectivity index is 2.47. The molecular weight excluding hydrogens is 209 g/mol. The second kappa shape index (κ2) is 5.67. The van der Waals surface area contributed by atoms with E-state index in [1.807, 2.05) is 0 Å². The molecule has 1 heterocycles. The molecule has 1 fully saturated rings. The molecule has 0 aromatic rings. The normalized spacial score (nSPS) is 23.4. The zero-order valence-electron chi connectivity index (χ0n) is 8.56. The Hall–Kier alpha value is -0.330. The second-order valence-electron chi connectivity index (χ2n) is 3.81. The zero-order valence-corrected chi connectivity index (χ0v) is 8.56. The molecule has 3 nitrogen and oxygen atoms in total. The summed E-state index contributed by atoms with van der Waals surface area (Å²) in [5.41, 5.74) is 0. The maximum absolute atomic E-state index is 12.2. The minimum absolute atomic E-state index is 0.0891. The molecule has 0 bridgehead atoms. The monoisotopic (exact) mass is 226 g/mol. The van der Waals surface area contributed by atoms with Crippen LogP contribution in [-0.4, -0.2) is 55.0 Å². The minimum atomic E-state index is -4.19. The molecule has 2 N–H and O–H groups in total. The zero-order chi connectivity index (χ0) is 11.3. The Kier molecular flexibility index (Phi) is 4.82. The molecule has 1 aliphatic heterocycles. The summed E-state index contributed by atoms with van der Waals surface area (Å²) < 4.78 is 36.7. The Morgan fingerprint density at radius 1 is 1.40 bits per heavy atom. The van der Waals surface area contributed by atoms with Crippen LogP contribution in [0.1, 0.15) is 12.8 Å². The highest BCUT2D eigenvalue weighted by Gasteiger charge is 2.33. The van der Waals surface area contributed by atoms with Crippen molar-refractivity contribution in [1.82, 2.24) is 10.2 Å². The summed E-state index contributed by atoms with van der Waals surface area (Å²) in [6, 6.07) is -0.104. The molecule has 1 saturated heterocycles. The predicted molar refractivity (Wildman–Crippen MR) is 50.6 cm³/mol. The van der Waals surface area contributed by atoms with Crippen molar-refractivity contribution >= 4 is 0 Å². The van der Waals surface area contributed by atoms with E-state index in [-0.39, 0.29) is 19.2 Å². The van der Waals surface area contributed by atoms with Crippen molar-refractivity contribution in [2.45, 2.75) is 25.1 Å². The Morgan fingerprint density at radius 3 is 2.60 bits per heavy atom. The van der Waals surface area contributed by atoms with E-state index in [0.29, 0.717) is 6.54 Å². The molecule has 90 valence electrons. The van der Waals surface area contributed by atoms with E-state index in [4.69, 9.17) is 5.11 Å². The van der Waals surface area contributed by atoms with E-state index in [1.54, 1.807) is 0 Å². The van der Waals surface area contributed by atoms with Gasteiger partial charge in [-0.2, -0.15) is 13.2 Å². The first-order chi connectivity index (χ1) is 7.03. The summed E-state index contributed by atoms with van der Waals surface area (Å²) in [6.45, 7) is 0.379. The molecule has 1 unspecified atom stereocenters. The van der Waals surface area contributed by atoms with Crippen molar-refractivity contribution in [2.24, 2.45) is 0 Å².